The van der Waals surface area contributed by atoms with E-state index in [2.05, 4.69) is 0 Å². The number of carbonyl (C=O) groups excluding carboxylic acids is 1. The Hall–Kier alpha value is -1.17. The number of hydrogen-bond donors (Lipinski definition) is 1. The van der Waals surface area contributed by atoms with Gasteiger partial charge in [-0.15, -0.1) is 0 Å². The second kappa shape index (κ2) is 13.4. The standard InChI is InChI=1S/C19H18Cl2FO7P.Li/c1-11(23)18(19(24)25)30(26)29-10-27-9-15-16(21)6-13(20)7-17(15)28-8-12-2-4-14(22)5-3-12;/h2-7,11,23H,8-10H2,1H3,(H,24,25);/q;+1/p-1/t11-;/m0./s1. The van der Waals surface area contributed by atoms with Crippen molar-refractivity contribution in [2.75, 3.05) is 6.79 Å². The van der Waals surface area contributed by atoms with Crippen LogP contribution in [0.25, 0.3) is 0 Å². The molecule has 2 aromatic carbocycles. The molecule has 162 valence electrons. The van der Waals surface area contributed by atoms with Crippen LogP contribution in [0.15, 0.2) is 36.4 Å². The van der Waals surface area contributed by atoms with Gasteiger partial charge in [0.05, 0.1) is 11.6 Å². The number of carboxylic acids is 1. The van der Waals surface area contributed by atoms with E-state index in [9.17, 15) is 24.3 Å². The van der Waals surface area contributed by atoms with Crippen LogP contribution < -0.4 is 33.6 Å². The van der Waals surface area contributed by atoms with Gasteiger partial charge in [0.1, 0.15) is 30.2 Å². The van der Waals surface area contributed by atoms with E-state index >= 15 is 0 Å². The molecule has 0 aliphatic heterocycles. The molecule has 12 heteroatoms. The summed E-state index contributed by atoms with van der Waals surface area (Å²) in [6.07, 6.45) is -1.50. The van der Waals surface area contributed by atoms with Crippen molar-refractivity contribution in [3.05, 3.63) is 63.4 Å². The molecule has 2 rings (SSSR count). The topological polar surface area (TPSA) is 111 Å². The van der Waals surface area contributed by atoms with Gasteiger partial charge in [-0.2, -0.15) is 4.52 Å². The monoisotopic (exact) mass is 484 g/mol. The van der Waals surface area contributed by atoms with Crippen LogP contribution in [0.4, 0.5) is 4.39 Å². The van der Waals surface area contributed by atoms with E-state index in [1.165, 1.54) is 24.3 Å². The molecule has 0 bridgehead atoms. The number of ether oxygens (including phenoxy) is 2. The number of aliphatic hydroxyl groups is 1. The van der Waals surface area contributed by atoms with Gasteiger partial charge in [-0.3, -0.25) is 0 Å². The van der Waals surface area contributed by atoms with E-state index in [-0.39, 0.29) is 42.9 Å². The van der Waals surface area contributed by atoms with Crippen LogP contribution in [-0.4, -0.2) is 29.3 Å². The Morgan fingerprint density at radius 1 is 1.23 bits per heavy atom. The largest absolute Gasteiger partial charge is 1.00 e. The molecule has 0 amide bonds. The maximum Gasteiger partial charge on any atom is 1.00 e. The second-order valence-electron chi connectivity index (χ2n) is 5.98. The Balaban J connectivity index is 0.00000480. The molecule has 0 spiro atoms. The van der Waals surface area contributed by atoms with Gasteiger partial charge >= 0.3 is 18.9 Å². The van der Waals surface area contributed by atoms with Crippen molar-refractivity contribution >= 4 is 42.5 Å². The van der Waals surface area contributed by atoms with Gasteiger partial charge < -0.3 is 29.4 Å². The molecular weight excluding hydrogens is 468 g/mol. The first-order chi connectivity index (χ1) is 14.2. The molecule has 0 heterocycles. The molecule has 0 fully saturated rings. The number of rotatable bonds is 10. The summed E-state index contributed by atoms with van der Waals surface area (Å²) in [5.41, 5.74) is 1.13. The van der Waals surface area contributed by atoms with Crippen LogP contribution >= 0.6 is 31.2 Å². The first kappa shape index (κ1) is 27.9. The van der Waals surface area contributed by atoms with Crippen LogP contribution in [-0.2, 0) is 27.3 Å². The van der Waals surface area contributed by atoms with Gasteiger partial charge in [0.15, 0.2) is 6.79 Å². The van der Waals surface area contributed by atoms with Gasteiger partial charge in [-0.05, 0) is 36.8 Å². The summed E-state index contributed by atoms with van der Waals surface area (Å²) < 4.78 is 28.8. The summed E-state index contributed by atoms with van der Waals surface area (Å²) in [4.78, 5) is 22.7. The predicted octanol–water partition coefficient (Wildman–Crippen LogP) is -0.818. The Morgan fingerprint density at radius 3 is 2.45 bits per heavy atom. The number of carbonyl (C=O) groups is 1. The first-order valence-electron chi connectivity index (χ1n) is 8.48. The van der Waals surface area contributed by atoms with E-state index in [1.807, 2.05) is 0 Å². The first-order valence-corrected chi connectivity index (χ1v) is 10.4. The number of benzene rings is 2. The second-order valence-corrected chi connectivity index (χ2v) is 8.08. The number of hydrogen-bond acceptors (Lipinski definition) is 7. The van der Waals surface area contributed by atoms with Gasteiger partial charge in [-0.25, -0.2) is 4.39 Å². The zero-order valence-corrected chi connectivity index (χ0v) is 19.0. The minimum atomic E-state index is -2.85. The van der Waals surface area contributed by atoms with E-state index in [0.717, 1.165) is 6.92 Å². The van der Waals surface area contributed by atoms with Crippen LogP contribution in [0.1, 0.15) is 18.1 Å². The number of aliphatic carboxylic acids is 1. The van der Waals surface area contributed by atoms with Crippen LogP contribution in [0.2, 0.25) is 10.0 Å². The third kappa shape index (κ3) is 8.70. The summed E-state index contributed by atoms with van der Waals surface area (Å²) in [5.74, 6) is -1.83. The van der Waals surface area contributed by atoms with Crippen molar-refractivity contribution in [2.45, 2.75) is 26.2 Å². The fraction of sp³-hybridized carbons (Fsp3) is 0.263. The Morgan fingerprint density at radius 2 is 1.87 bits per heavy atom. The summed E-state index contributed by atoms with van der Waals surface area (Å²) in [6, 6.07) is 8.73. The summed E-state index contributed by atoms with van der Waals surface area (Å²) in [7, 11) is -2.85. The predicted molar refractivity (Wildman–Crippen MR) is 107 cm³/mol. The molecular formula is C19H17Cl2FLiO7P. The third-order valence-electron chi connectivity index (χ3n) is 3.73. The quantitative estimate of drug-likeness (QED) is 0.203. The molecule has 0 aliphatic carbocycles. The van der Waals surface area contributed by atoms with Gasteiger partial charge in [0.25, 0.3) is 0 Å². The van der Waals surface area contributed by atoms with Crippen molar-refractivity contribution in [3.8, 4) is 5.75 Å². The molecule has 1 unspecified atom stereocenters. The number of aliphatic hydroxyl groups excluding tert-OH is 1. The maximum absolute atomic E-state index is 13.0. The summed E-state index contributed by atoms with van der Waals surface area (Å²) in [6.45, 7) is 0.563. The van der Waals surface area contributed by atoms with Gasteiger partial charge in [0.2, 0.25) is 13.3 Å². The van der Waals surface area contributed by atoms with E-state index in [4.69, 9.17) is 37.2 Å². The molecule has 31 heavy (non-hydrogen) atoms. The Labute approximate surface area is 201 Å². The van der Waals surface area contributed by atoms with Crippen LogP contribution in [0.5, 0.6) is 5.75 Å². The zero-order valence-electron chi connectivity index (χ0n) is 16.6. The Bertz CT molecular complexity index is 926. The van der Waals surface area contributed by atoms with E-state index in [1.54, 1.807) is 12.1 Å². The minimum Gasteiger partial charge on any atom is -0.603 e. The van der Waals surface area contributed by atoms with Crippen molar-refractivity contribution in [3.63, 3.8) is 0 Å². The molecule has 0 radical (unpaired) electrons. The molecule has 2 aromatic rings. The normalized spacial score (nSPS) is 12.6. The molecule has 0 saturated carbocycles. The fourth-order valence-electron chi connectivity index (χ4n) is 2.29. The van der Waals surface area contributed by atoms with Crippen molar-refractivity contribution in [2.24, 2.45) is 0 Å². The summed E-state index contributed by atoms with van der Waals surface area (Å²) in [5, 5.41) is 20.0. The average Bonchev–Trinajstić information content (AvgIpc) is 2.65. The van der Waals surface area contributed by atoms with Crippen molar-refractivity contribution in [1.29, 1.82) is 0 Å². The average molecular weight is 485 g/mol. The molecule has 2 atom stereocenters. The van der Waals surface area contributed by atoms with Gasteiger partial charge in [0, 0.05) is 10.6 Å². The minimum absolute atomic E-state index is 0. The number of halogens is 3. The molecule has 0 saturated heterocycles. The zero-order chi connectivity index (χ0) is 22.3. The number of carboxylic acid groups (broad SMARTS) is 1. The molecule has 0 aromatic heterocycles. The third-order valence-corrected chi connectivity index (χ3v) is 5.57. The van der Waals surface area contributed by atoms with Crippen molar-refractivity contribution in [1.82, 2.24) is 0 Å². The molecule has 1 N–H and O–H groups in total. The fourth-order valence-corrected chi connectivity index (χ4v) is 3.58. The van der Waals surface area contributed by atoms with Gasteiger partial charge in [-0.1, -0.05) is 35.3 Å². The van der Waals surface area contributed by atoms with E-state index < -0.39 is 32.2 Å². The van der Waals surface area contributed by atoms with Crippen LogP contribution in [0.3, 0.4) is 0 Å². The summed E-state index contributed by atoms with van der Waals surface area (Å²) >= 11 is 12.2. The molecule has 0 aliphatic rings. The van der Waals surface area contributed by atoms with Crippen LogP contribution in [0, 0.1) is 5.82 Å². The SMILES string of the molecule is C[C@H](O)C(C(=O)[O-])=[P+]([O-])OCOCc1c(Cl)cc(Cl)cc1OCc1ccc(F)cc1.[Li+]. The van der Waals surface area contributed by atoms with E-state index in [0.29, 0.717) is 21.9 Å². The molecule has 7 nitrogen and oxygen atoms in total. The van der Waals surface area contributed by atoms with Crippen molar-refractivity contribution < 1.29 is 57.1 Å². The smallest absolute Gasteiger partial charge is 0.603 e. The maximum atomic E-state index is 13.0. The Kier molecular flexibility index (Phi) is 12.0.